The van der Waals surface area contributed by atoms with Crippen LogP contribution in [-0.2, 0) is 0 Å². The van der Waals surface area contributed by atoms with Crippen LogP contribution in [0.2, 0.25) is 0 Å². The van der Waals surface area contributed by atoms with Gasteiger partial charge in [-0.3, -0.25) is 9.78 Å². The van der Waals surface area contributed by atoms with Gasteiger partial charge in [-0.25, -0.2) is 4.68 Å². The predicted molar refractivity (Wildman–Crippen MR) is 82.9 cm³/mol. The Morgan fingerprint density at radius 2 is 2.21 bits per heavy atom. The quantitative estimate of drug-likeness (QED) is 0.771. The fourth-order valence-corrected chi connectivity index (χ4v) is 2.89. The largest absolute Gasteiger partial charge is 0.463 e. The van der Waals surface area contributed by atoms with Gasteiger partial charge in [0, 0.05) is 31.0 Å². The molecule has 8 nitrogen and oxygen atoms in total. The lowest BCUT2D eigenvalue weighted by molar-refractivity contribution is 0.0764. The first-order chi connectivity index (χ1) is 11.7. The highest BCUT2D eigenvalue weighted by molar-refractivity contribution is 5.95. The van der Waals surface area contributed by atoms with E-state index in [9.17, 15) is 9.90 Å². The van der Waals surface area contributed by atoms with Crippen molar-refractivity contribution < 1.29 is 14.3 Å². The number of amides is 1. The van der Waals surface area contributed by atoms with Crippen molar-refractivity contribution in [3.63, 3.8) is 0 Å². The topological polar surface area (TPSA) is 97.3 Å². The van der Waals surface area contributed by atoms with Gasteiger partial charge in [0.15, 0.2) is 5.76 Å². The van der Waals surface area contributed by atoms with E-state index in [1.807, 2.05) is 0 Å². The second-order valence-corrected chi connectivity index (χ2v) is 5.63. The van der Waals surface area contributed by atoms with E-state index < -0.39 is 6.10 Å². The molecule has 122 valence electrons. The van der Waals surface area contributed by atoms with Crippen LogP contribution in [0.3, 0.4) is 0 Å². The first-order valence-electron chi connectivity index (χ1n) is 7.55. The molecule has 2 atom stereocenters. The zero-order valence-corrected chi connectivity index (χ0v) is 12.7. The summed E-state index contributed by atoms with van der Waals surface area (Å²) in [7, 11) is 0. The number of hydrogen-bond acceptors (Lipinski definition) is 6. The number of rotatable bonds is 3. The van der Waals surface area contributed by atoms with Gasteiger partial charge in [-0.05, 0) is 24.3 Å². The van der Waals surface area contributed by atoms with Crippen molar-refractivity contribution in [1.82, 2.24) is 24.9 Å². The van der Waals surface area contributed by atoms with Gasteiger partial charge < -0.3 is 14.4 Å². The summed E-state index contributed by atoms with van der Waals surface area (Å²) in [6.45, 7) is 0.629. The molecule has 0 spiro atoms. The molecule has 1 N–H and O–H groups in total. The Kier molecular flexibility index (Phi) is 3.58. The minimum Gasteiger partial charge on any atom is -0.463 e. The van der Waals surface area contributed by atoms with E-state index in [-0.39, 0.29) is 18.5 Å². The summed E-state index contributed by atoms with van der Waals surface area (Å²) < 4.78 is 6.90. The third kappa shape index (κ3) is 2.56. The van der Waals surface area contributed by atoms with Crippen LogP contribution in [0.1, 0.15) is 16.4 Å². The van der Waals surface area contributed by atoms with Gasteiger partial charge in [0.25, 0.3) is 5.91 Å². The molecule has 1 aliphatic rings. The molecule has 0 unspecified atom stereocenters. The summed E-state index contributed by atoms with van der Waals surface area (Å²) in [5, 5.41) is 17.9. The highest BCUT2D eigenvalue weighted by atomic mass is 16.3. The number of carbonyl (C=O) groups is 1. The Morgan fingerprint density at radius 1 is 1.29 bits per heavy atom. The molecular weight excluding hydrogens is 310 g/mol. The third-order valence-electron chi connectivity index (χ3n) is 4.11. The normalized spacial score (nSPS) is 20.5. The summed E-state index contributed by atoms with van der Waals surface area (Å²) in [5.74, 6) is 0.443. The van der Waals surface area contributed by atoms with Crippen molar-refractivity contribution >= 4 is 5.91 Å². The number of furan rings is 1. The van der Waals surface area contributed by atoms with Crippen LogP contribution in [0.5, 0.6) is 0 Å². The second-order valence-electron chi connectivity index (χ2n) is 5.63. The summed E-state index contributed by atoms with van der Waals surface area (Å²) in [5.41, 5.74) is 1.10. The number of β-amino-alcohol motifs (C(OH)–C–C–N with tert-alkyl or cyclic N) is 1. The van der Waals surface area contributed by atoms with Crippen LogP contribution in [0.25, 0.3) is 11.5 Å². The monoisotopic (exact) mass is 325 g/mol. The number of likely N-dealkylation sites (tertiary alicyclic amines) is 1. The third-order valence-corrected chi connectivity index (χ3v) is 4.11. The van der Waals surface area contributed by atoms with Gasteiger partial charge in [0.2, 0.25) is 0 Å². The van der Waals surface area contributed by atoms with Gasteiger partial charge in [-0.15, -0.1) is 5.10 Å². The Labute approximate surface area is 137 Å². The molecule has 0 saturated carbocycles. The summed E-state index contributed by atoms with van der Waals surface area (Å²) in [4.78, 5) is 18.6. The number of pyridine rings is 1. The van der Waals surface area contributed by atoms with E-state index >= 15 is 0 Å². The van der Waals surface area contributed by atoms with E-state index in [0.717, 1.165) is 0 Å². The van der Waals surface area contributed by atoms with Gasteiger partial charge >= 0.3 is 0 Å². The number of carbonyl (C=O) groups excluding carboxylic acids is 1. The molecule has 24 heavy (non-hydrogen) atoms. The standard InChI is InChI=1S/C16H15N5O3/c22-14-10-20(9-13(14)21-6-5-18-19-21)16(23)11-3-4-17-12(8-11)15-2-1-7-24-15/h1-8,13-14,22H,9-10H2/t13-,14-/m1/s1. The number of nitrogens with zero attached hydrogens (tertiary/aromatic N) is 5. The Hall–Kier alpha value is -3.00. The number of aliphatic hydroxyl groups excluding tert-OH is 1. The number of aliphatic hydroxyl groups is 1. The van der Waals surface area contributed by atoms with Crippen LogP contribution in [-0.4, -0.2) is 55.1 Å². The molecule has 1 aliphatic heterocycles. The van der Waals surface area contributed by atoms with E-state index in [0.29, 0.717) is 23.6 Å². The summed E-state index contributed by atoms with van der Waals surface area (Å²) >= 11 is 0. The summed E-state index contributed by atoms with van der Waals surface area (Å²) in [6, 6.07) is 6.62. The molecular formula is C16H15N5O3. The minimum atomic E-state index is -0.679. The van der Waals surface area contributed by atoms with Gasteiger partial charge in [-0.2, -0.15) is 0 Å². The van der Waals surface area contributed by atoms with Crippen LogP contribution in [0.4, 0.5) is 0 Å². The minimum absolute atomic E-state index is 0.160. The average Bonchev–Trinajstić information content (AvgIpc) is 3.35. The fraction of sp³-hybridized carbons (Fsp3) is 0.250. The van der Waals surface area contributed by atoms with Crippen molar-refractivity contribution in [2.75, 3.05) is 13.1 Å². The maximum atomic E-state index is 12.7. The molecule has 4 heterocycles. The molecule has 3 aromatic heterocycles. The van der Waals surface area contributed by atoms with E-state index in [2.05, 4.69) is 15.3 Å². The molecule has 0 aromatic carbocycles. The van der Waals surface area contributed by atoms with Crippen LogP contribution in [0, 0.1) is 0 Å². The molecule has 1 amide bonds. The number of aromatic nitrogens is 4. The Balaban J connectivity index is 1.55. The van der Waals surface area contributed by atoms with Gasteiger partial charge in [0.1, 0.15) is 5.69 Å². The maximum Gasteiger partial charge on any atom is 0.254 e. The van der Waals surface area contributed by atoms with E-state index in [1.54, 1.807) is 58.7 Å². The molecule has 0 radical (unpaired) electrons. The van der Waals surface area contributed by atoms with Crippen molar-refractivity contribution in [1.29, 1.82) is 0 Å². The molecule has 8 heteroatoms. The van der Waals surface area contributed by atoms with Crippen molar-refractivity contribution in [3.05, 3.63) is 54.7 Å². The first-order valence-corrected chi connectivity index (χ1v) is 7.55. The molecule has 1 fully saturated rings. The number of hydrogen-bond donors (Lipinski definition) is 1. The zero-order chi connectivity index (χ0) is 16.5. The second kappa shape index (κ2) is 5.89. The highest BCUT2D eigenvalue weighted by Crippen LogP contribution is 2.24. The molecule has 3 aromatic rings. The maximum absolute atomic E-state index is 12.7. The summed E-state index contributed by atoms with van der Waals surface area (Å²) in [6.07, 6.45) is 5.69. The van der Waals surface area contributed by atoms with Crippen molar-refractivity contribution in [2.24, 2.45) is 0 Å². The van der Waals surface area contributed by atoms with Crippen LogP contribution >= 0.6 is 0 Å². The van der Waals surface area contributed by atoms with Crippen molar-refractivity contribution in [2.45, 2.75) is 12.1 Å². The van der Waals surface area contributed by atoms with Gasteiger partial charge in [0.05, 0.1) is 24.6 Å². The van der Waals surface area contributed by atoms with E-state index in [4.69, 9.17) is 4.42 Å². The smallest absolute Gasteiger partial charge is 0.254 e. The molecule has 0 aliphatic carbocycles. The lowest BCUT2D eigenvalue weighted by Crippen LogP contribution is -2.29. The first kappa shape index (κ1) is 14.6. The fourth-order valence-electron chi connectivity index (χ4n) is 2.89. The van der Waals surface area contributed by atoms with Gasteiger partial charge in [-0.1, -0.05) is 5.21 Å². The Morgan fingerprint density at radius 3 is 2.96 bits per heavy atom. The molecule has 1 saturated heterocycles. The van der Waals surface area contributed by atoms with Crippen LogP contribution < -0.4 is 0 Å². The van der Waals surface area contributed by atoms with Crippen molar-refractivity contribution in [3.8, 4) is 11.5 Å². The molecule has 0 bridgehead atoms. The predicted octanol–water partition coefficient (Wildman–Crippen LogP) is 0.991. The lowest BCUT2D eigenvalue weighted by atomic mass is 10.2. The molecule has 4 rings (SSSR count). The van der Waals surface area contributed by atoms with Crippen LogP contribution in [0.15, 0.2) is 53.5 Å². The zero-order valence-electron chi connectivity index (χ0n) is 12.7. The highest BCUT2D eigenvalue weighted by Gasteiger charge is 2.36. The van der Waals surface area contributed by atoms with E-state index in [1.165, 1.54) is 0 Å². The Bertz CT molecular complexity index is 831. The SMILES string of the molecule is O=C(c1ccnc(-c2ccco2)c1)N1C[C@@H](O)[C@H](n2ccnn2)C1. The lowest BCUT2D eigenvalue weighted by Gasteiger charge is -2.16. The average molecular weight is 325 g/mol.